The minimum Gasteiger partial charge on any atom is -0.279 e. The molecule has 0 saturated heterocycles. The van der Waals surface area contributed by atoms with Gasteiger partial charge in [-0.25, -0.2) is 13.4 Å². The maximum absolute atomic E-state index is 13.7. The van der Waals surface area contributed by atoms with E-state index in [4.69, 9.17) is 16.6 Å². The number of aromatic nitrogens is 1. The van der Waals surface area contributed by atoms with Crippen molar-refractivity contribution in [2.75, 3.05) is 11.9 Å². The van der Waals surface area contributed by atoms with Crippen molar-refractivity contribution in [2.24, 2.45) is 0 Å². The minimum atomic E-state index is -3.58. The number of hydrogen-bond donors (Lipinski definition) is 0. The molecule has 1 fully saturated rings. The fourth-order valence-electron chi connectivity index (χ4n) is 3.92. The molecule has 0 bridgehead atoms. The van der Waals surface area contributed by atoms with Crippen LogP contribution in [0, 0.1) is 6.92 Å². The van der Waals surface area contributed by atoms with Crippen LogP contribution < -0.4 is 4.90 Å². The number of thiazole rings is 1. The molecule has 180 valence electrons. The molecule has 0 spiro atoms. The molecule has 1 aliphatic rings. The fourth-order valence-corrected chi connectivity index (χ4v) is 6.51. The van der Waals surface area contributed by atoms with E-state index in [2.05, 4.69) is 0 Å². The second kappa shape index (κ2) is 9.35. The van der Waals surface area contributed by atoms with Gasteiger partial charge in [0.1, 0.15) is 0 Å². The molecule has 1 aliphatic carbocycles. The third kappa shape index (κ3) is 4.71. The first kappa shape index (κ1) is 23.9. The smallest absolute Gasteiger partial charge is 0.260 e. The molecule has 0 atom stereocenters. The lowest BCUT2D eigenvalue weighted by Crippen LogP contribution is -2.31. The number of anilines is 1. The molecule has 0 unspecified atom stereocenters. The minimum absolute atomic E-state index is 0.0682. The molecule has 5 rings (SSSR count). The van der Waals surface area contributed by atoms with Crippen molar-refractivity contribution in [1.82, 2.24) is 9.29 Å². The summed E-state index contributed by atoms with van der Waals surface area (Å²) in [5, 5.41) is 1.19. The van der Waals surface area contributed by atoms with Crippen LogP contribution in [0.1, 0.15) is 34.3 Å². The SMILES string of the molecule is Cc1c(Cl)ccc2sc(N(Cc3ccccc3)C(=O)c3ccc(S(=O)(=O)N(C)C4CC4)cc3)nc12. The van der Waals surface area contributed by atoms with E-state index >= 15 is 0 Å². The number of carbonyl (C=O) groups excluding carboxylic acids is 1. The van der Waals surface area contributed by atoms with Gasteiger partial charge in [-0.3, -0.25) is 9.69 Å². The summed E-state index contributed by atoms with van der Waals surface area (Å²) in [5.74, 6) is -0.254. The number of amides is 1. The average molecular weight is 526 g/mol. The number of hydrogen-bond acceptors (Lipinski definition) is 5. The predicted molar refractivity (Wildman–Crippen MR) is 141 cm³/mol. The number of aryl methyl sites for hydroxylation is 1. The third-order valence-electron chi connectivity index (χ3n) is 6.24. The van der Waals surface area contributed by atoms with Crippen LogP contribution in [0.2, 0.25) is 5.02 Å². The first-order valence-corrected chi connectivity index (χ1v) is 13.9. The number of sulfonamides is 1. The number of carbonyl (C=O) groups is 1. The van der Waals surface area contributed by atoms with Crippen LogP contribution in [0.15, 0.2) is 71.6 Å². The zero-order valence-electron chi connectivity index (χ0n) is 19.3. The van der Waals surface area contributed by atoms with Crippen molar-refractivity contribution in [3.05, 3.63) is 88.4 Å². The van der Waals surface area contributed by atoms with E-state index < -0.39 is 10.0 Å². The van der Waals surface area contributed by atoms with Gasteiger partial charge in [-0.2, -0.15) is 4.31 Å². The standard InChI is InChI=1S/C26H24ClN3O3S2/c1-17-22(27)14-15-23-24(17)28-26(34-23)30(16-18-6-4-3-5-7-18)25(31)19-8-12-21(13-9-19)35(32,33)29(2)20-10-11-20/h3-9,12-15,20H,10-11,16H2,1-2H3. The number of halogens is 1. The van der Waals surface area contributed by atoms with Crippen molar-refractivity contribution in [3.8, 4) is 0 Å². The highest BCUT2D eigenvalue weighted by Crippen LogP contribution is 2.35. The van der Waals surface area contributed by atoms with Gasteiger partial charge in [-0.1, -0.05) is 53.3 Å². The molecule has 1 aromatic heterocycles. The largest absolute Gasteiger partial charge is 0.279 e. The fraction of sp³-hybridized carbons (Fsp3) is 0.231. The molecular weight excluding hydrogens is 502 g/mol. The summed E-state index contributed by atoms with van der Waals surface area (Å²) >= 11 is 7.72. The first-order valence-electron chi connectivity index (χ1n) is 11.3. The van der Waals surface area contributed by atoms with Gasteiger partial charge in [0.15, 0.2) is 5.13 Å². The zero-order chi connectivity index (χ0) is 24.7. The normalized spacial score (nSPS) is 13.9. The van der Waals surface area contributed by atoms with Gasteiger partial charge in [-0.15, -0.1) is 0 Å². The van der Waals surface area contributed by atoms with Gasteiger partial charge in [0.05, 0.1) is 21.7 Å². The highest BCUT2D eigenvalue weighted by molar-refractivity contribution is 7.89. The molecule has 1 saturated carbocycles. The lowest BCUT2D eigenvalue weighted by Gasteiger charge is -2.21. The van der Waals surface area contributed by atoms with E-state index in [1.54, 1.807) is 24.1 Å². The topological polar surface area (TPSA) is 70.6 Å². The summed E-state index contributed by atoms with van der Waals surface area (Å²) in [6, 6.07) is 19.7. The van der Waals surface area contributed by atoms with Crippen LogP contribution in [0.3, 0.4) is 0 Å². The Morgan fingerprint density at radius 2 is 1.74 bits per heavy atom. The van der Waals surface area contributed by atoms with Crippen LogP contribution in [0.4, 0.5) is 5.13 Å². The maximum atomic E-state index is 13.7. The summed E-state index contributed by atoms with van der Waals surface area (Å²) in [4.78, 5) is 20.3. The Morgan fingerprint density at radius 3 is 2.40 bits per heavy atom. The van der Waals surface area contributed by atoms with Gasteiger partial charge < -0.3 is 0 Å². The highest BCUT2D eigenvalue weighted by atomic mass is 35.5. The molecule has 1 heterocycles. The quantitative estimate of drug-likeness (QED) is 0.302. The van der Waals surface area contributed by atoms with Gasteiger partial charge in [-0.05, 0) is 67.3 Å². The third-order valence-corrected chi connectivity index (χ3v) is 9.61. The monoisotopic (exact) mass is 525 g/mol. The van der Waals surface area contributed by atoms with E-state index in [0.717, 1.165) is 34.2 Å². The van der Waals surface area contributed by atoms with Crippen LogP contribution in [-0.4, -0.2) is 36.7 Å². The highest BCUT2D eigenvalue weighted by Gasteiger charge is 2.35. The Hall–Kier alpha value is -2.78. The molecule has 4 aromatic rings. The Balaban J connectivity index is 1.50. The first-order chi connectivity index (χ1) is 16.8. The van der Waals surface area contributed by atoms with E-state index in [0.29, 0.717) is 22.3 Å². The summed E-state index contributed by atoms with van der Waals surface area (Å²) in [6.45, 7) is 2.24. The number of benzene rings is 3. The predicted octanol–water partition coefficient (Wildman–Crippen LogP) is 5.89. The molecule has 6 nitrogen and oxygen atoms in total. The number of rotatable bonds is 7. The maximum Gasteiger partial charge on any atom is 0.260 e. The lowest BCUT2D eigenvalue weighted by atomic mass is 10.1. The second-order valence-electron chi connectivity index (χ2n) is 8.67. The number of nitrogens with zero attached hydrogens (tertiary/aromatic N) is 3. The van der Waals surface area contributed by atoms with E-state index in [9.17, 15) is 13.2 Å². The van der Waals surface area contributed by atoms with Crippen molar-refractivity contribution in [3.63, 3.8) is 0 Å². The van der Waals surface area contributed by atoms with Crippen molar-refractivity contribution >= 4 is 54.2 Å². The molecule has 0 aliphatic heterocycles. The van der Waals surface area contributed by atoms with E-state index in [1.807, 2.05) is 49.4 Å². The summed E-state index contributed by atoms with van der Waals surface area (Å²) < 4.78 is 28.1. The van der Waals surface area contributed by atoms with Gasteiger partial charge in [0.2, 0.25) is 10.0 Å². The average Bonchev–Trinajstić information content (AvgIpc) is 3.63. The van der Waals surface area contributed by atoms with Gasteiger partial charge >= 0.3 is 0 Å². The Labute approximate surface area is 213 Å². The van der Waals surface area contributed by atoms with Crippen molar-refractivity contribution in [2.45, 2.75) is 37.2 Å². The Kier molecular flexibility index (Phi) is 6.40. The Bertz CT molecular complexity index is 1500. The Morgan fingerprint density at radius 1 is 1.06 bits per heavy atom. The molecule has 3 aromatic carbocycles. The molecule has 0 radical (unpaired) electrons. The van der Waals surface area contributed by atoms with Crippen LogP contribution in [0.25, 0.3) is 10.2 Å². The van der Waals surface area contributed by atoms with Crippen LogP contribution in [-0.2, 0) is 16.6 Å². The van der Waals surface area contributed by atoms with Crippen LogP contribution in [0.5, 0.6) is 0 Å². The molecule has 9 heteroatoms. The lowest BCUT2D eigenvalue weighted by molar-refractivity contribution is 0.0985. The summed E-state index contributed by atoms with van der Waals surface area (Å²) in [7, 11) is -1.97. The molecule has 35 heavy (non-hydrogen) atoms. The van der Waals surface area contributed by atoms with Crippen molar-refractivity contribution in [1.29, 1.82) is 0 Å². The summed E-state index contributed by atoms with van der Waals surface area (Å²) in [6.07, 6.45) is 1.77. The van der Waals surface area contributed by atoms with E-state index in [-0.39, 0.29) is 16.8 Å². The summed E-state index contributed by atoms with van der Waals surface area (Å²) in [5.41, 5.74) is 2.99. The van der Waals surface area contributed by atoms with Gasteiger partial charge in [0.25, 0.3) is 5.91 Å². The molecule has 1 amide bonds. The zero-order valence-corrected chi connectivity index (χ0v) is 21.7. The number of fused-ring (bicyclic) bond motifs is 1. The second-order valence-corrected chi connectivity index (χ2v) is 12.1. The van der Waals surface area contributed by atoms with Gasteiger partial charge in [0, 0.05) is 23.7 Å². The van der Waals surface area contributed by atoms with Crippen molar-refractivity contribution < 1.29 is 13.2 Å². The molecular formula is C26H24ClN3O3S2. The van der Waals surface area contributed by atoms with Crippen LogP contribution >= 0.6 is 22.9 Å². The van der Waals surface area contributed by atoms with E-state index in [1.165, 1.54) is 27.8 Å². The molecule has 0 N–H and O–H groups in total.